The second-order valence-corrected chi connectivity index (χ2v) is 4.20. The Bertz CT molecular complexity index is 398. The predicted molar refractivity (Wildman–Crippen MR) is 71.0 cm³/mol. The van der Waals surface area contributed by atoms with Crippen LogP contribution in [0.15, 0.2) is 48.5 Å². The second-order valence-electron chi connectivity index (χ2n) is 3.66. The van der Waals surface area contributed by atoms with E-state index in [0.717, 1.165) is 11.1 Å². The van der Waals surface area contributed by atoms with E-state index in [2.05, 4.69) is 48.5 Å². The highest BCUT2D eigenvalue weighted by atomic mass is 35.5. The highest BCUT2D eigenvalue weighted by Gasteiger charge is 1.98. The summed E-state index contributed by atoms with van der Waals surface area (Å²) < 4.78 is 0. The molecule has 2 aromatic rings. The lowest BCUT2D eigenvalue weighted by molar-refractivity contribution is 1.39. The number of hydrogen-bond donors (Lipinski definition) is 0. The molecule has 0 atom stereocenters. The molecule has 0 amide bonds. The van der Waals surface area contributed by atoms with Crippen molar-refractivity contribution in [2.24, 2.45) is 0 Å². The quantitative estimate of drug-likeness (QED) is 0.685. The molecule has 0 aliphatic rings. The van der Waals surface area contributed by atoms with Crippen LogP contribution in [0.1, 0.15) is 11.1 Å². The lowest BCUT2D eigenvalue weighted by atomic mass is 10.0. The van der Waals surface area contributed by atoms with E-state index < -0.39 is 0 Å². The minimum absolute atomic E-state index is 0.561. The van der Waals surface area contributed by atoms with E-state index >= 15 is 0 Å². The maximum atomic E-state index is 5.75. The maximum absolute atomic E-state index is 5.75. The molecule has 0 fully saturated rings. The molecule has 0 radical (unpaired) electrons. The van der Waals surface area contributed by atoms with Crippen molar-refractivity contribution in [3.63, 3.8) is 0 Å². The molecule has 0 N–H and O–H groups in total. The molecule has 0 unspecified atom stereocenters. The fourth-order valence-corrected chi connectivity index (χ4v) is 1.93. The third-order valence-corrected chi connectivity index (χ3v) is 3.17. The predicted octanol–water partition coefficient (Wildman–Crippen LogP) is 4.83. The van der Waals surface area contributed by atoms with Crippen LogP contribution in [0.3, 0.4) is 0 Å². The van der Waals surface area contributed by atoms with Crippen molar-refractivity contribution in [1.82, 2.24) is 0 Å². The van der Waals surface area contributed by atoms with E-state index in [9.17, 15) is 0 Å². The Balaban J connectivity index is 2.28. The summed E-state index contributed by atoms with van der Waals surface area (Å²) in [6.07, 6.45) is 0. The first-order chi connectivity index (χ1) is 7.83. The van der Waals surface area contributed by atoms with E-state index in [1.54, 1.807) is 0 Å². The third kappa shape index (κ3) is 2.58. The topological polar surface area (TPSA) is 0 Å². The van der Waals surface area contributed by atoms with Gasteiger partial charge in [-0.2, -0.15) is 0 Å². The molecule has 0 saturated carbocycles. The van der Waals surface area contributed by atoms with Crippen LogP contribution in [-0.2, 0) is 11.8 Å². The van der Waals surface area contributed by atoms with E-state index in [-0.39, 0.29) is 0 Å². The van der Waals surface area contributed by atoms with Gasteiger partial charge in [0.25, 0.3) is 0 Å². The first-order valence-electron chi connectivity index (χ1n) is 5.13. The van der Waals surface area contributed by atoms with E-state index in [4.69, 9.17) is 23.2 Å². The first-order valence-corrected chi connectivity index (χ1v) is 6.20. The summed E-state index contributed by atoms with van der Waals surface area (Å²) in [6, 6.07) is 16.6. The number of rotatable bonds is 3. The van der Waals surface area contributed by atoms with Gasteiger partial charge in [0, 0.05) is 11.8 Å². The fraction of sp³-hybridized carbons (Fsp3) is 0.143. The third-order valence-electron chi connectivity index (χ3n) is 2.55. The molecular weight excluding hydrogens is 239 g/mol. The summed E-state index contributed by atoms with van der Waals surface area (Å²) in [7, 11) is 0. The van der Waals surface area contributed by atoms with Gasteiger partial charge in [0.2, 0.25) is 0 Å². The van der Waals surface area contributed by atoms with Gasteiger partial charge in [-0.05, 0) is 22.3 Å². The summed E-state index contributed by atoms with van der Waals surface area (Å²) in [5.74, 6) is 1.12. The summed E-state index contributed by atoms with van der Waals surface area (Å²) in [4.78, 5) is 0. The van der Waals surface area contributed by atoms with Crippen LogP contribution in [-0.4, -0.2) is 0 Å². The second kappa shape index (κ2) is 5.38. The van der Waals surface area contributed by atoms with Crippen LogP contribution in [0.4, 0.5) is 0 Å². The molecule has 2 heteroatoms. The van der Waals surface area contributed by atoms with Gasteiger partial charge in [-0.25, -0.2) is 0 Å². The molecule has 16 heavy (non-hydrogen) atoms. The van der Waals surface area contributed by atoms with Gasteiger partial charge in [-0.3, -0.25) is 0 Å². The Morgan fingerprint density at radius 3 is 1.12 bits per heavy atom. The van der Waals surface area contributed by atoms with Gasteiger partial charge < -0.3 is 0 Å². The minimum atomic E-state index is 0.561. The van der Waals surface area contributed by atoms with Gasteiger partial charge in [0.05, 0.1) is 0 Å². The van der Waals surface area contributed by atoms with Crippen molar-refractivity contribution in [1.29, 1.82) is 0 Å². The smallest absolute Gasteiger partial charge is 0.0474 e. The number of hydrogen-bond acceptors (Lipinski definition) is 0. The van der Waals surface area contributed by atoms with Crippen LogP contribution in [0, 0.1) is 0 Å². The van der Waals surface area contributed by atoms with Crippen molar-refractivity contribution < 1.29 is 0 Å². The molecule has 0 aromatic heterocycles. The maximum Gasteiger partial charge on any atom is 0.0474 e. The summed E-state index contributed by atoms with van der Waals surface area (Å²) in [5.41, 5.74) is 4.69. The highest BCUT2D eigenvalue weighted by Crippen LogP contribution is 2.21. The Labute approximate surface area is 106 Å². The summed E-state index contributed by atoms with van der Waals surface area (Å²) >= 11 is 11.5. The zero-order valence-electron chi connectivity index (χ0n) is 8.79. The fourth-order valence-electron chi connectivity index (χ4n) is 1.57. The highest BCUT2D eigenvalue weighted by molar-refractivity contribution is 6.17. The van der Waals surface area contributed by atoms with E-state index in [1.807, 2.05) is 0 Å². The molecule has 0 bridgehead atoms. The molecule has 0 nitrogen and oxygen atoms in total. The molecule has 0 aliphatic heterocycles. The zero-order chi connectivity index (χ0) is 11.4. The minimum Gasteiger partial charge on any atom is -0.122 e. The van der Waals surface area contributed by atoms with Crippen molar-refractivity contribution in [3.8, 4) is 11.1 Å². The van der Waals surface area contributed by atoms with Crippen molar-refractivity contribution in [3.05, 3.63) is 59.7 Å². The van der Waals surface area contributed by atoms with E-state index in [1.165, 1.54) is 11.1 Å². The molecule has 0 aliphatic carbocycles. The molecule has 0 saturated heterocycles. The first kappa shape index (κ1) is 11.5. The standard InChI is InChI=1S/C14H12Cl2/c15-9-11-1-5-13(6-2-11)14-7-3-12(10-16)4-8-14/h1-8H,9-10H2. The number of alkyl halides is 2. The molecule has 2 rings (SSSR count). The average molecular weight is 251 g/mol. The lowest BCUT2D eigenvalue weighted by Crippen LogP contribution is -1.82. The zero-order valence-corrected chi connectivity index (χ0v) is 10.3. The molecule has 0 spiro atoms. The number of halogens is 2. The van der Waals surface area contributed by atoms with Gasteiger partial charge in [0.15, 0.2) is 0 Å². The molecule has 0 heterocycles. The Morgan fingerprint density at radius 2 is 0.875 bits per heavy atom. The molecular formula is C14H12Cl2. The average Bonchev–Trinajstić information content (AvgIpc) is 2.39. The van der Waals surface area contributed by atoms with Crippen molar-refractivity contribution >= 4 is 23.2 Å². The van der Waals surface area contributed by atoms with Gasteiger partial charge in [-0.1, -0.05) is 48.5 Å². The van der Waals surface area contributed by atoms with Gasteiger partial charge >= 0.3 is 0 Å². The molecule has 2 aromatic carbocycles. The number of benzene rings is 2. The van der Waals surface area contributed by atoms with Crippen molar-refractivity contribution in [2.45, 2.75) is 11.8 Å². The Hall–Kier alpha value is -0.980. The van der Waals surface area contributed by atoms with E-state index in [0.29, 0.717) is 11.8 Å². The summed E-state index contributed by atoms with van der Waals surface area (Å²) in [5, 5.41) is 0. The largest absolute Gasteiger partial charge is 0.122 e. The van der Waals surface area contributed by atoms with Crippen LogP contribution >= 0.6 is 23.2 Å². The molecule has 82 valence electrons. The van der Waals surface area contributed by atoms with Crippen LogP contribution in [0.5, 0.6) is 0 Å². The van der Waals surface area contributed by atoms with Gasteiger partial charge in [-0.15, -0.1) is 23.2 Å². The van der Waals surface area contributed by atoms with Gasteiger partial charge in [0.1, 0.15) is 0 Å². The van der Waals surface area contributed by atoms with Crippen LogP contribution in [0.2, 0.25) is 0 Å². The summed E-state index contributed by atoms with van der Waals surface area (Å²) in [6.45, 7) is 0. The monoisotopic (exact) mass is 250 g/mol. The normalized spacial score (nSPS) is 10.4. The van der Waals surface area contributed by atoms with Crippen LogP contribution in [0.25, 0.3) is 11.1 Å². The SMILES string of the molecule is ClCc1ccc(-c2ccc(CCl)cc2)cc1. The van der Waals surface area contributed by atoms with Crippen LogP contribution < -0.4 is 0 Å². The lowest BCUT2D eigenvalue weighted by Gasteiger charge is -2.03. The Morgan fingerprint density at radius 1 is 0.562 bits per heavy atom. The van der Waals surface area contributed by atoms with Crippen molar-refractivity contribution in [2.75, 3.05) is 0 Å². The Kier molecular flexibility index (Phi) is 3.87.